The number of hydrogen-bond donors (Lipinski definition) is 1. The zero-order valence-corrected chi connectivity index (χ0v) is 17.4. The van der Waals surface area contributed by atoms with E-state index in [1.54, 1.807) is 0 Å². The van der Waals surface area contributed by atoms with E-state index in [1.165, 1.54) is 0 Å². The average molecular weight is 500 g/mol. The highest BCUT2D eigenvalue weighted by Gasteiger charge is 2.74. The second-order valence-electron chi connectivity index (χ2n) is 8.03. The van der Waals surface area contributed by atoms with Gasteiger partial charge in [0.25, 0.3) is 0 Å². The van der Waals surface area contributed by atoms with Crippen molar-refractivity contribution in [3.8, 4) is 0 Å². The minimum absolute atomic E-state index is 0.0515. The number of hydrogen-bond acceptors (Lipinski definition) is 4. The van der Waals surface area contributed by atoms with E-state index < -0.39 is 50.0 Å². The van der Waals surface area contributed by atoms with Gasteiger partial charge in [0.2, 0.25) is 0 Å². The van der Waals surface area contributed by atoms with E-state index in [0.29, 0.717) is 6.07 Å². The topological polar surface area (TPSA) is 59.1 Å². The number of nitrogens with zero attached hydrogens (tertiary/aromatic N) is 1. The van der Waals surface area contributed by atoms with Crippen LogP contribution in [-0.2, 0) is 26.7 Å². The fraction of sp³-hybridized carbons (Fsp3) is 0.450. The molecule has 4 nitrogen and oxygen atoms in total. The van der Waals surface area contributed by atoms with Gasteiger partial charge in [-0.2, -0.15) is 26.3 Å². The smallest absolute Gasteiger partial charge is 0.312 e. The molecule has 0 radical (unpaired) electrons. The van der Waals surface area contributed by atoms with E-state index in [1.807, 2.05) is 0 Å². The maximum Gasteiger partial charge on any atom is 0.436 e. The summed E-state index contributed by atoms with van der Waals surface area (Å²) < 4.78 is 132. The van der Waals surface area contributed by atoms with Gasteiger partial charge in [-0.1, -0.05) is 0 Å². The summed E-state index contributed by atoms with van der Waals surface area (Å²) in [7, 11) is -4.33. The second-order valence-corrected chi connectivity index (χ2v) is 10.2. The van der Waals surface area contributed by atoms with Crippen LogP contribution in [0.2, 0.25) is 0 Å². The third kappa shape index (κ3) is 3.26. The van der Waals surface area contributed by atoms with Crippen LogP contribution in [0.15, 0.2) is 41.4 Å². The fourth-order valence-corrected chi connectivity index (χ4v) is 7.02. The standard InChI is InChI=1S/C20H16F8N2O2S/c21-13-2-4-14(5-3-13)33(31,32)17-7-8-29-15(17)6-1-11-9-12(10-30-16(11)17)18(22,19(23,24)25)20(26,27)28/h2-5,9-10,15,29H,1,6-8H2/t15-,17+/m0/s1. The Balaban J connectivity index is 1.92. The molecule has 0 amide bonds. The molecule has 4 rings (SSSR count). The Bertz CT molecular complexity index is 1160. The molecule has 2 aliphatic rings. The van der Waals surface area contributed by atoms with Gasteiger partial charge in [-0.25, -0.2) is 17.2 Å². The lowest BCUT2D eigenvalue weighted by atomic mass is 9.80. The molecule has 2 atom stereocenters. The molecule has 1 aromatic heterocycles. The highest BCUT2D eigenvalue weighted by molar-refractivity contribution is 7.92. The zero-order chi connectivity index (χ0) is 24.4. The maximum absolute atomic E-state index is 14.6. The van der Waals surface area contributed by atoms with E-state index in [9.17, 15) is 43.5 Å². The van der Waals surface area contributed by atoms with E-state index in [2.05, 4.69) is 10.3 Å². The number of nitrogens with one attached hydrogen (secondary N) is 1. The molecule has 1 fully saturated rings. The fourth-order valence-electron chi connectivity index (χ4n) is 4.72. The molecule has 1 N–H and O–H groups in total. The third-order valence-corrected chi connectivity index (χ3v) is 8.84. The zero-order valence-electron chi connectivity index (χ0n) is 16.6. The Kier molecular flexibility index (Phi) is 5.32. The summed E-state index contributed by atoms with van der Waals surface area (Å²) in [6.07, 6.45) is -12.7. The molecular formula is C20H16F8N2O2S. The second kappa shape index (κ2) is 7.36. The summed E-state index contributed by atoms with van der Waals surface area (Å²) in [6, 6.07) is 3.56. The van der Waals surface area contributed by atoms with Gasteiger partial charge in [0.1, 0.15) is 10.6 Å². The molecule has 13 heteroatoms. The number of fused-ring (bicyclic) bond motifs is 3. The molecule has 0 bridgehead atoms. The first kappa shape index (κ1) is 23.9. The van der Waals surface area contributed by atoms with Crippen LogP contribution in [0.1, 0.15) is 29.7 Å². The lowest BCUT2D eigenvalue weighted by molar-refractivity contribution is -0.348. The van der Waals surface area contributed by atoms with Crippen LogP contribution in [0.5, 0.6) is 0 Å². The molecule has 1 saturated heterocycles. The molecule has 2 aromatic rings. The van der Waals surface area contributed by atoms with Crippen molar-refractivity contribution in [1.29, 1.82) is 0 Å². The quantitative estimate of drug-likeness (QED) is 0.499. The van der Waals surface area contributed by atoms with E-state index in [4.69, 9.17) is 0 Å². The summed E-state index contributed by atoms with van der Waals surface area (Å²) in [4.78, 5) is 3.43. The first-order valence-electron chi connectivity index (χ1n) is 9.72. The van der Waals surface area contributed by atoms with Gasteiger partial charge in [-0.05, 0) is 61.7 Å². The largest absolute Gasteiger partial charge is 0.436 e. The van der Waals surface area contributed by atoms with Crippen molar-refractivity contribution in [1.82, 2.24) is 10.3 Å². The number of alkyl halides is 7. The number of halogens is 8. The molecule has 2 heterocycles. The average Bonchev–Trinajstić information content (AvgIpc) is 3.17. The van der Waals surface area contributed by atoms with Crippen molar-refractivity contribution in [2.45, 2.75) is 53.0 Å². The first-order chi connectivity index (χ1) is 15.2. The van der Waals surface area contributed by atoms with Crippen molar-refractivity contribution in [2.24, 2.45) is 0 Å². The molecule has 0 saturated carbocycles. The van der Waals surface area contributed by atoms with Crippen molar-refractivity contribution in [3.63, 3.8) is 0 Å². The van der Waals surface area contributed by atoms with E-state index in [0.717, 1.165) is 24.3 Å². The highest BCUT2D eigenvalue weighted by atomic mass is 32.2. The molecule has 1 aromatic carbocycles. The molecule has 33 heavy (non-hydrogen) atoms. The van der Waals surface area contributed by atoms with Gasteiger partial charge in [0.15, 0.2) is 9.84 Å². The lowest BCUT2D eigenvalue weighted by Crippen LogP contribution is -2.52. The van der Waals surface area contributed by atoms with Crippen LogP contribution in [0.3, 0.4) is 0 Å². The van der Waals surface area contributed by atoms with Crippen LogP contribution in [0, 0.1) is 5.82 Å². The Labute approximate surface area is 182 Å². The number of sulfone groups is 1. The Morgan fingerprint density at radius 3 is 2.18 bits per heavy atom. The van der Waals surface area contributed by atoms with Gasteiger partial charge >= 0.3 is 18.0 Å². The van der Waals surface area contributed by atoms with Gasteiger partial charge in [0.05, 0.1) is 10.6 Å². The summed E-state index contributed by atoms with van der Waals surface area (Å²) in [5.41, 5.74) is -7.88. The lowest BCUT2D eigenvalue weighted by Gasteiger charge is -2.39. The predicted octanol–water partition coefficient (Wildman–Crippen LogP) is 4.49. The Morgan fingerprint density at radius 1 is 1.00 bits per heavy atom. The molecule has 180 valence electrons. The number of pyridine rings is 1. The van der Waals surface area contributed by atoms with Crippen LogP contribution >= 0.6 is 0 Å². The number of aryl methyl sites for hydroxylation is 1. The molecule has 0 spiro atoms. The molecular weight excluding hydrogens is 484 g/mol. The molecule has 1 aliphatic carbocycles. The summed E-state index contributed by atoms with van der Waals surface area (Å²) >= 11 is 0. The Morgan fingerprint density at radius 2 is 1.61 bits per heavy atom. The van der Waals surface area contributed by atoms with Crippen LogP contribution < -0.4 is 5.32 Å². The summed E-state index contributed by atoms with van der Waals surface area (Å²) in [5, 5.41) is 2.99. The monoisotopic (exact) mass is 500 g/mol. The minimum atomic E-state index is -6.31. The van der Waals surface area contributed by atoms with Crippen molar-refractivity contribution in [3.05, 3.63) is 59.2 Å². The van der Waals surface area contributed by atoms with Crippen LogP contribution in [0.25, 0.3) is 0 Å². The van der Waals surface area contributed by atoms with Crippen LogP contribution in [0.4, 0.5) is 35.1 Å². The minimum Gasteiger partial charge on any atom is -0.312 e. The molecule has 0 unspecified atom stereocenters. The van der Waals surface area contributed by atoms with Crippen molar-refractivity contribution in [2.75, 3.05) is 6.54 Å². The normalized spacial score (nSPS) is 23.8. The predicted molar refractivity (Wildman–Crippen MR) is 99.1 cm³/mol. The van der Waals surface area contributed by atoms with E-state index in [-0.39, 0.29) is 48.2 Å². The maximum atomic E-state index is 14.6. The van der Waals surface area contributed by atoms with Crippen molar-refractivity contribution < 1.29 is 43.5 Å². The number of benzene rings is 1. The van der Waals surface area contributed by atoms with Gasteiger partial charge in [-0.15, -0.1) is 0 Å². The summed E-state index contributed by atoms with van der Waals surface area (Å²) in [5.74, 6) is -0.696. The summed E-state index contributed by atoms with van der Waals surface area (Å²) in [6.45, 7) is 0.187. The first-order valence-corrected chi connectivity index (χ1v) is 11.2. The highest BCUT2D eigenvalue weighted by Crippen LogP contribution is 2.55. The third-order valence-electron chi connectivity index (χ3n) is 6.30. The van der Waals surface area contributed by atoms with Crippen molar-refractivity contribution >= 4 is 9.84 Å². The van der Waals surface area contributed by atoms with Crippen LogP contribution in [-0.4, -0.2) is 38.3 Å². The van der Waals surface area contributed by atoms with Gasteiger partial charge in [0, 0.05) is 17.8 Å². The molecule has 1 aliphatic heterocycles. The Hall–Kier alpha value is -2.28. The van der Waals surface area contributed by atoms with Gasteiger partial charge < -0.3 is 5.32 Å². The van der Waals surface area contributed by atoms with E-state index >= 15 is 0 Å². The SMILES string of the molecule is O=S(=O)(c1ccc(F)cc1)[C@]12CCN[C@H]1CCc1cc(C(F)(C(F)(F)F)C(F)(F)F)cnc12. The number of rotatable bonds is 3. The van der Waals surface area contributed by atoms with Gasteiger partial charge in [-0.3, -0.25) is 4.98 Å². The number of aromatic nitrogens is 1.